The highest BCUT2D eigenvalue weighted by Crippen LogP contribution is 2.31. The molecular formula is C18H25N3O. The largest absolute Gasteiger partial charge is 0.395 e. The van der Waals surface area contributed by atoms with Crippen LogP contribution in [-0.2, 0) is 0 Å². The first kappa shape index (κ1) is 15.3. The fourth-order valence-electron chi connectivity index (χ4n) is 3.48. The molecule has 1 fully saturated rings. The first-order chi connectivity index (χ1) is 10.5. The second-order valence-electron chi connectivity index (χ2n) is 6.74. The minimum absolute atomic E-state index is 0.0548. The highest BCUT2D eigenvalue weighted by Gasteiger charge is 2.33. The van der Waals surface area contributed by atoms with E-state index in [1.807, 2.05) is 6.07 Å². The number of para-hydroxylation sites is 1. The molecule has 0 saturated carbocycles. The van der Waals surface area contributed by atoms with Crippen molar-refractivity contribution in [2.24, 2.45) is 0 Å². The monoisotopic (exact) mass is 299 g/mol. The predicted octanol–water partition coefficient (Wildman–Crippen LogP) is 2.44. The van der Waals surface area contributed by atoms with Crippen molar-refractivity contribution in [2.45, 2.75) is 26.3 Å². The number of hydrogen-bond acceptors (Lipinski definition) is 4. The number of benzene rings is 1. The Morgan fingerprint density at radius 2 is 2.00 bits per heavy atom. The van der Waals surface area contributed by atoms with Gasteiger partial charge in [-0.1, -0.05) is 18.2 Å². The number of piperazine rings is 1. The van der Waals surface area contributed by atoms with Crippen LogP contribution in [0.4, 0.5) is 5.69 Å². The molecule has 0 atom stereocenters. The van der Waals surface area contributed by atoms with E-state index in [-0.39, 0.29) is 12.1 Å². The second-order valence-corrected chi connectivity index (χ2v) is 6.74. The summed E-state index contributed by atoms with van der Waals surface area (Å²) in [5.41, 5.74) is 3.46. The van der Waals surface area contributed by atoms with E-state index in [1.54, 1.807) is 0 Å². The average molecular weight is 299 g/mol. The number of hydrogen-bond donors (Lipinski definition) is 1. The number of rotatable bonds is 3. The summed E-state index contributed by atoms with van der Waals surface area (Å²) in [6.45, 7) is 10.5. The predicted molar refractivity (Wildman–Crippen MR) is 91.4 cm³/mol. The van der Waals surface area contributed by atoms with Gasteiger partial charge in [-0.2, -0.15) is 0 Å². The van der Waals surface area contributed by atoms with E-state index >= 15 is 0 Å². The van der Waals surface area contributed by atoms with Gasteiger partial charge in [-0.15, -0.1) is 0 Å². The molecule has 1 aromatic carbocycles. The Bertz CT molecular complexity index is 668. The van der Waals surface area contributed by atoms with Crippen molar-refractivity contribution < 1.29 is 5.11 Å². The molecule has 4 nitrogen and oxygen atoms in total. The van der Waals surface area contributed by atoms with Crippen LogP contribution in [0.5, 0.6) is 0 Å². The zero-order valence-electron chi connectivity index (χ0n) is 13.7. The molecule has 118 valence electrons. The molecule has 3 rings (SSSR count). The molecule has 1 aromatic heterocycles. The third-order valence-electron chi connectivity index (χ3n) is 4.61. The van der Waals surface area contributed by atoms with Gasteiger partial charge in [-0.3, -0.25) is 9.88 Å². The third kappa shape index (κ3) is 2.81. The molecule has 2 aromatic rings. The van der Waals surface area contributed by atoms with Crippen LogP contribution >= 0.6 is 0 Å². The number of fused-ring (bicyclic) bond motifs is 1. The van der Waals surface area contributed by atoms with Gasteiger partial charge in [-0.25, -0.2) is 0 Å². The lowest BCUT2D eigenvalue weighted by Gasteiger charge is -2.48. The van der Waals surface area contributed by atoms with E-state index < -0.39 is 0 Å². The van der Waals surface area contributed by atoms with E-state index in [0.717, 1.165) is 37.4 Å². The maximum atomic E-state index is 9.25. The summed E-state index contributed by atoms with van der Waals surface area (Å²) < 4.78 is 0. The lowest BCUT2D eigenvalue weighted by molar-refractivity contribution is 0.0814. The molecule has 2 heterocycles. The molecule has 0 aliphatic carbocycles. The summed E-state index contributed by atoms with van der Waals surface area (Å²) in [4.78, 5) is 9.48. The molecule has 1 aliphatic heterocycles. The third-order valence-corrected chi connectivity index (χ3v) is 4.61. The van der Waals surface area contributed by atoms with Gasteiger partial charge in [0.2, 0.25) is 0 Å². The molecule has 0 radical (unpaired) electrons. The fraction of sp³-hybridized carbons (Fsp3) is 0.500. The molecule has 1 N–H and O–H groups in total. The van der Waals surface area contributed by atoms with Crippen molar-refractivity contribution in [1.82, 2.24) is 9.88 Å². The van der Waals surface area contributed by atoms with Crippen LogP contribution in [0.25, 0.3) is 10.9 Å². The van der Waals surface area contributed by atoms with Gasteiger partial charge >= 0.3 is 0 Å². The molecule has 0 amide bonds. The summed E-state index contributed by atoms with van der Waals surface area (Å²) in [5.74, 6) is 0. The van der Waals surface area contributed by atoms with Gasteiger partial charge in [0.25, 0.3) is 0 Å². The maximum Gasteiger partial charge on any atom is 0.0726 e. The second kappa shape index (κ2) is 5.86. The van der Waals surface area contributed by atoms with E-state index in [2.05, 4.69) is 59.8 Å². The Kier molecular flexibility index (Phi) is 4.06. The van der Waals surface area contributed by atoms with E-state index in [9.17, 15) is 5.11 Å². The van der Waals surface area contributed by atoms with Crippen molar-refractivity contribution in [2.75, 3.05) is 37.7 Å². The number of aromatic nitrogens is 1. The fourth-order valence-corrected chi connectivity index (χ4v) is 3.48. The number of aliphatic hydroxyl groups is 1. The first-order valence-corrected chi connectivity index (χ1v) is 7.98. The van der Waals surface area contributed by atoms with Gasteiger partial charge in [0.05, 0.1) is 12.1 Å². The average Bonchev–Trinajstić information content (AvgIpc) is 2.48. The SMILES string of the molecule is Cc1cc(N2CCN(CCO)C(C)(C)C2)c2ccccc2n1. The summed E-state index contributed by atoms with van der Waals surface area (Å²) in [5, 5.41) is 10.5. The molecule has 0 bridgehead atoms. The van der Waals surface area contributed by atoms with Crippen molar-refractivity contribution in [3.63, 3.8) is 0 Å². The number of β-amino-alcohol motifs (C(OH)–C–C–N with tert-alkyl or cyclic N) is 1. The highest BCUT2D eigenvalue weighted by molar-refractivity contribution is 5.92. The molecule has 0 unspecified atom stereocenters. The first-order valence-electron chi connectivity index (χ1n) is 7.98. The lowest BCUT2D eigenvalue weighted by atomic mass is 9.97. The molecule has 1 saturated heterocycles. The van der Waals surface area contributed by atoms with Crippen LogP contribution in [-0.4, -0.2) is 53.3 Å². The molecule has 0 spiro atoms. The molecule has 4 heteroatoms. The Balaban J connectivity index is 1.96. The summed E-state index contributed by atoms with van der Waals surface area (Å²) in [6.07, 6.45) is 0. The number of aliphatic hydroxyl groups excluding tert-OH is 1. The number of pyridine rings is 1. The van der Waals surface area contributed by atoms with Crippen LogP contribution in [0.1, 0.15) is 19.5 Å². The number of aryl methyl sites for hydroxylation is 1. The van der Waals surface area contributed by atoms with Crippen molar-refractivity contribution in [3.8, 4) is 0 Å². The van der Waals surface area contributed by atoms with Crippen molar-refractivity contribution in [1.29, 1.82) is 0 Å². The van der Waals surface area contributed by atoms with Gasteiger partial charge in [0.15, 0.2) is 0 Å². The molecule has 22 heavy (non-hydrogen) atoms. The van der Waals surface area contributed by atoms with Crippen molar-refractivity contribution >= 4 is 16.6 Å². The van der Waals surface area contributed by atoms with Crippen LogP contribution in [0.15, 0.2) is 30.3 Å². The quantitative estimate of drug-likeness (QED) is 0.945. The Hall–Kier alpha value is -1.65. The maximum absolute atomic E-state index is 9.25. The van der Waals surface area contributed by atoms with Crippen LogP contribution in [0, 0.1) is 6.92 Å². The number of anilines is 1. The highest BCUT2D eigenvalue weighted by atomic mass is 16.3. The van der Waals surface area contributed by atoms with Crippen LogP contribution < -0.4 is 4.90 Å². The van der Waals surface area contributed by atoms with Gasteiger partial charge in [0, 0.05) is 48.5 Å². The molecule has 1 aliphatic rings. The smallest absolute Gasteiger partial charge is 0.0726 e. The summed E-state index contributed by atoms with van der Waals surface area (Å²) in [6, 6.07) is 10.6. The zero-order valence-corrected chi connectivity index (χ0v) is 13.7. The van der Waals surface area contributed by atoms with Crippen molar-refractivity contribution in [3.05, 3.63) is 36.0 Å². The topological polar surface area (TPSA) is 39.6 Å². The van der Waals surface area contributed by atoms with Gasteiger partial charge in [0.1, 0.15) is 0 Å². The lowest BCUT2D eigenvalue weighted by Crippen LogP contribution is -2.60. The minimum atomic E-state index is 0.0548. The van der Waals surface area contributed by atoms with Gasteiger partial charge in [-0.05, 0) is 32.9 Å². The summed E-state index contributed by atoms with van der Waals surface area (Å²) in [7, 11) is 0. The summed E-state index contributed by atoms with van der Waals surface area (Å²) >= 11 is 0. The Morgan fingerprint density at radius 1 is 1.23 bits per heavy atom. The number of nitrogens with zero attached hydrogens (tertiary/aromatic N) is 3. The Morgan fingerprint density at radius 3 is 2.73 bits per heavy atom. The van der Waals surface area contributed by atoms with Crippen LogP contribution in [0.2, 0.25) is 0 Å². The van der Waals surface area contributed by atoms with Gasteiger partial charge < -0.3 is 10.0 Å². The van der Waals surface area contributed by atoms with Crippen LogP contribution in [0.3, 0.4) is 0 Å². The minimum Gasteiger partial charge on any atom is -0.395 e. The Labute approximate surface area is 132 Å². The zero-order chi connectivity index (χ0) is 15.7. The standard InChI is InChI=1S/C18H25N3O/c1-14-12-17(15-6-4-5-7-16(15)19-14)20-8-9-21(10-11-22)18(2,3)13-20/h4-7,12,22H,8-11,13H2,1-3H3. The molecular weight excluding hydrogens is 274 g/mol. The van der Waals surface area contributed by atoms with E-state index in [4.69, 9.17) is 0 Å². The van der Waals surface area contributed by atoms with E-state index in [0.29, 0.717) is 0 Å². The normalized spacial score (nSPS) is 18.8. The van der Waals surface area contributed by atoms with E-state index in [1.165, 1.54) is 11.1 Å².